The summed E-state index contributed by atoms with van der Waals surface area (Å²) in [6, 6.07) is 4.17. The van der Waals surface area contributed by atoms with Crippen LogP contribution in [0.5, 0.6) is 0 Å². The lowest BCUT2D eigenvalue weighted by Gasteiger charge is -2.23. The number of pyridine rings is 1. The lowest BCUT2D eigenvalue weighted by Crippen LogP contribution is -2.31. The number of hydrogen-bond donors (Lipinski definition) is 0. The lowest BCUT2D eigenvalue weighted by atomic mass is 10.2. The smallest absolute Gasteiger partial charge is 0.129 e. The van der Waals surface area contributed by atoms with Crippen molar-refractivity contribution in [2.75, 3.05) is 18.6 Å². The standard InChI is InChI=1S/C11H14Cl2N2S/c1-15(8-4-5-16-7-8)6-10-9(12)2-3-11(13)14-10/h2-3,8H,4-7H2,1H3. The van der Waals surface area contributed by atoms with Crippen LogP contribution in [0.15, 0.2) is 12.1 Å². The molecule has 1 aromatic heterocycles. The Labute approximate surface area is 110 Å². The van der Waals surface area contributed by atoms with E-state index in [0.29, 0.717) is 16.2 Å². The highest BCUT2D eigenvalue weighted by Crippen LogP contribution is 2.24. The van der Waals surface area contributed by atoms with Crippen LogP contribution in [0.1, 0.15) is 12.1 Å². The van der Waals surface area contributed by atoms with Crippen molar-refractivity contribution in [2.24, 2.45) is 0 Å². The highest BCUT2D eigenvalue weighted by atomic mass is 35.5. The maximum Gasteiger partial charge on any atom is 0.129 e. The highest BCUT2D eigenvalue weighted by Gasteiger charge is 2.20. The molecular weight excluding hydrogens is 263 g/mol. The predicted octanol–water partition coefficient (Wildman–Crippen LogP) is 3.33. The van der Waals surface area contributed by atoms with Gasteiger partial charge in [0.05, 0.1) is 10.7 Å². The van der Waals surface area contributed by atoms with Crippen molar-refractivity contribution in [1.29, 1.82) is 0 Å². The summed E-state index contributed by atoms with van der Waals surface area (Å²) in [7, 11) is 2.12. The van der Waals surface area contributed by atoms with Crippen LogP contribution in [0.2, 0.25) is 10.2 Å². The van der Waals surface area contributed by atoms with Gasteiger partial charge < -0.3 is 0 Å². The number of thioether (sulfide) groups is 1. The Kier molecular flexibility index (Phi) is 4.36. The van der Waals surface area contributed by atoms with Crippen molar-refractivity contribution in [3.8, 4) is 0 Å². The molecule has 1 aliphatic rings. The molecule has 2 rings (SSSR count). The lowest BCUT2D eigenvalue weighted by molar-refractivity contribution is 0.251. The monoisotopic (exact) mass is 276 g/mol. The first-order valence-electron chi connectivity index (χ1n) is 5.25. The summed E-state index contributed by atoms with van der Waals surface area (Å²) in [5, 5.41) is 1.20. The summed E-state index contributed by atoms with van der Waals surface area (Å²) in [4.78, 5) is 6.58. The van der Waals surface area contributed by atoms with Crippen LogP contribution in [0, 0.1) is 0 Å². The zero-order valence-electron chi connectivity index (χ0n) is 9.12. The minimum Gasteiger partial charge on any atom is -0.297 e. The van der Waals surface area contributed by atoms with Gasteiger partial charge >= 0.3 is 0 Å². The Balaban J connectivity index is 2.04. The van der Waals surface area contributed by atoms with E-state index in [1.807, 2.05) is 17.8 Å². The van der Waals surface area contributed by atoms with Crippen LogP contribution >= 0.6 is 35.0 Å². The van der Waals surface area contributed by atoms with Crippen LogP contribution in [-0.2, 0) is 6.54 Å². The van der Waals surface area contributed by atoms with E-state index in [1.54, 1.807) is 6.07 Å². The number of nitrogens with zero attached hydrogens (tertiary/aromatic N) is 2. The number of rotatable bonds is 3. The molecule has 0 aromatic carbocycles. The molecular formula is C11H14Cl2N2S. The van der Waals surface area contributed by atoms with E-state index in [4.69, 9.17) is 23.2 Å². The van der Waals surface area contributed by atoms with Gasteiger partial charge in [0.25, 0.3) is 0 Å². The Morgan fingerprint density at radius 1 is 1.50 bits per heavy atom. The van der Waals surface area contributed by atoms with Gasteiger partial charge in [0.1, 0.15) is 5.15 Å². The van der Waals surface area contributed by atoms with Gasteiger partial charge in [-0.15, -0.1) is 0 Å². The zero-order valence-corrected chi connectivity index (χ0v) is 11.4. The maximum absolute atomic E-state index is 6.09. The normalized spacial score (nSPS) is 20.6. The first kappa shape index (κ1) is 12.5. The van der Waals surface area contributed by atoms with E-state index < -0.39 is 0 Å². The molecule has 16 heavy (non-hydrogen) atoms. The van der Waals surface area contributed by atoms with Crippen LogP contribution in [-0.4, -0.2) is 34.5 Å². The van der Waals surface area contributed by atoms with E-state index in [9.17, 15) is 0 Å². The van der Waals surface area contributed by atoms with E-state index in [0.717, 1.165) is 12.2 Å². The molecule has 88 valence electrons. The van der Waals surface area contributed by atoms with Crippen molar-refractivity contribution >= 4 is 35.0 Å². The average Bonchev–Trinajstić information content (AvgIpc) is 2.76. The van der Waals surface area contributed by atoms with Crippen LogP contribution in [0.3, 0.4) is 0 Å². The van der Waals surface area contributed by atoms with Crippen molar-refractivity contribution in [2.45, 2.75) is 19.0 Å². The summed E-state index contributed by atoms with van der Waals surface area (Å²) in [5.41, 5.74) is 0.869. The molecule has 5 heteroatoms. The molecule has 1 atom stereocenters. The van der Waals surface area contributed by atoms with Gasteiger partial charge in [-0.05, 0) is 31.4 Å². The van der Waals surface area contributed by atoms with E-state index in [-0.39, 0.29) is 0 Å². The number of hydrogen-bond acceptors (Lipinski definition) is 3. The molecule has 0 saturated carbocycles. The van der Waals surface area contributed by atoms with Gasteiger partial charge in [-0.25, -0.2) is 4.98 Å². The average molecular weight is 277 g/mol. The minimum atomic E-state index is 0.508. The summed E-state index contributed by atoms with van der Waals surface area (Å²) in [6.07, 6.45) is 1.25. The minimum absolute atomic E-state index is 0.508. The summed E-state index contributed by atoms with van der Waals surface area (Å²) < 4.78 is 0. The molecule has 1 saturated heterocycles. The molecule has 0 N–H and O–H groups in total. The molecule has 1 fully saturated rings. The molecule has 2 nitrogen and oxygen atoms in total. The van der Waals surface area contributed by atoms with Gasteiger partial charge in [0.2, 0.25) is 0 Å². The molecule has 0 bridgehead atoms. The molecule has 2 heterocycles. The highest BCUT2D eigenvalue weighted by molar-refractivity contribution is 7.99. The van der Waals surface area contributed by atoms with Crippen molar-refractivity contribution < 1.29 is 0 Å². The first-order chi connectivity index (χ1) is 7.66. The quantitative estimate of drug-likeness (QED) is 0.788. The Morgan fingerprint density at radius 2 is 2.31 bits per heavy atom. The summed E-state index contributed by atoms with van der Waals surface area (Å²) in [5.74, 6) is 2.46. The fourth-order valence-electron chi connectivity index (χ4n) is 1.80. The van der Waals surface area contributed by atoms with Crippen LogP contribution in [0.25, 0.3) is 0 Å². The van der Waals surface area contributed by atoms with Crippen molar-refractivity contribution in [1.82, 2.24) is 9.88 Å². The van der Waals surface area contributed by atoms with Crippen LogP contribution in [0.4, 0.5) is 0 Å². The van der Waals surface area contributed by atoms with Crippen LogP contribution < -0.4 is 0 Å². The van der Waals surface area contributed by atoms with Gasteiger partial charge in [0, 0.05) is 18.3 Å². The molecule has 1 unspecified atom stereocenters. The third kappa shape index (κ3) is 3.04. The zero-order chi connectivity index (χ0) is 11.5. The predicted molar refractivity (Wildman–Crippen MR) is 71.5 cm³/mol. The topological polar surface area (TPSA) is 16.1 Å². The van der Waals surface area contributed by atoms with E-state index in [1.165, 1.54) is 17.9 Å². The van der Waals surface area contributed by atoms with Gasteiger partial charge in [-0.2, -0.15) is 11.8 Å². The Hall–Kier alpha value is 0.0400. The second-order valence-electron chi connectivity index (χ2n) is 4.00. The second kappa shape index (κ2) is 5.58. The maximum atomic E-state index is 6.09. The van der Waals surface area contributed by atoms with Gasteiger partial charge in [-0.1, -0.05) is 23.2 Å². The second-order valence-corrected chi connectivity index (χ2v) is 5.94. The van der Waals surface area contributed by atoms with Crippen molar-refractivity contribution in [3.63, 3.8) is 0 Å². The van der Waals surface area contributed by atoms with Gasteiger partial charge in [0.15, 0.2) is 0 Å². The molecule has 0 amide bonds. The molecule has 1 aromatic rings. The third-order valence-corrected chi connectivity index (χ3v) is 4.51. The Bertz CT molecular complexity index is 367. The SMILES string of the molecule is CN(Cc1nc(Cl)ccc1Cl)C1CCSC1. The summed E-state index contributed by atoms with van der Waals surface area (Å²) >= 11 is 14.0. The molecule has 0 aliphatic carbocycles. The van der Waals surface area contributed by atoms with E-state index >= 15 is 0 Å². The van der Waals surface area contributed by atoms with Gasteiger partial charge in [-0.3, -0.25) is 4.90 Å². The largest absolute Gasteiger partial charge is 0.297 e. The third-order valence-electron chi connectivity index (χ3n) is 2.81. The number of aromatic nitrogens is 1. The molecule has 0 radical (unpaired) electrons. The molecule has 1 aliphatic heterocycles. The first-order valence-corrected chi connectivity index (χ1v) is 7.17. The fourth-order valence-corrected chi connectivity index (χ4v) is 3.43. The van der Waals surface area contributed by atoms with Crippen molar-refractivity contribution in [3.05, 3.63) is 28.0 Å². The van der Waals surface area contributed by atoms with E-state index in [2.05, 4.69) is 16.9 Å². The summed E-state index contributed by atoms with van der Waals surface area (Å²) in [6.45, 7) is 0.768. The molecule has 0 spiro atoms. The Morgan fingerprint density at radius 3 is 3.00 bits per heavy atom. The number of halogens is 2. The fraction of sp³-hybridized carbons (Fsp3) is 0.545.